The molecule has 0 unspecified atom stereocenters. The Kier molecular flexibility index (Phi) is 7.31. The summed E-state index contributed by atoms with van der Waals surface area (Å²) in [5, 5.41) is 17.0. The lowest BCUT2D eigenvalue weighted by molar-refractivity contribution is -0.112. The molecular formula is C25H24ClN5O2. The molecule has 1 N–H and O–H groups in total. The number of rotatable bonds is 6. The Bertz CT molecular complexity index is 1250. The van der Waals surface area contributed by atoms with Gasteiger partial charge < -0.3 is 10.2 Å². The molecule has 33 heavy (non-hydrogen) atoms. The highest BCUT2D eigenvalue weighted by atomic mass is 35.5. The largest absolute Gasteiger partial charge is 0.345 e. The number of carbonyl (C=O) groups is 2. The quantitative estimate of drug-likeness (QED) is 0.433. The van der Waals surface area contributed by atoms with E-state index in [1.54, 1.807) is 50.0 Å². The summed E-state index contributed by atoms with van der Waals surface area (Å²) in [6, 6.07) is 16.4. The van der Waals surface area contributed by atoms with Gasteiger partial charge in [0.05, 0.1) is 12.2 Å². The minimum atomic E-state index is -0.578. The van der Waals surface area contributed by atoms with E-state index < -0.39 is 5.91 Å². The molecule has 0 spiro atoms. The lowest BCUT2D eigenvalue weighted by Gasteiger charge is -2.11. The Morgan fingerprint density at radius 1 is 1.12 bits per heavy atom. The van der Waals surface area contributed by atoms with Crippen LogP contribution in [-0.4, -0.2) is 40.6 Å². The number of aryl methyl sites for hydroxylation is 2. The summed E-state index contributed by atoms with van der Waals surface area (Å²) in [5.74, 6) is -0.718. The van der Waals surface area contributed by atoms with E-state index in [9.17, 15) is 14.9 Å². The van der Waals surface area contributed by atoms with Crippen LogP contribution in [0, 0.1) is 25.2 Å². The molecule has 0 atom stereocenters. The van der Waals surface area contributed by atoms with Crippen molar-refractivity contribution < 1.29 is 9.59 Å². The van der Waals surface area contributed by atoms with Crippen molar-refractivity contribution in [2.45, 2.75) is 20.4 Å². The average Bonchev–Trinajstić information content (AvgIpc) is 3.05. The van der Waals surface area contributed by atoms with Crippen molar-refractivity contribution in [3.05, 3.63) is 87.2 Å². The zero-order valence-electron chi connectivity index (χ0n) is 18.9. The van der Waals surface area contributed by atoms with Gasteiger partial charge in [-0.3, -0.25) is 9.59 Å². The number of nitrogens with one attached hydrogen (secondary N) is 1. The molecule has 0 aliphatic rings. The summed E-state index contributed by atoms with van der Waals surface area (Å²) in [7, 11) is 3.33. The van der Waals surface area contributed by atoms with Crippen LogP contribution < -0.4 is 5.32 Å². The summed E-state index contributed by atoms with van der Waals surface area (Å²) < 4.78 is 1.64. The maximum absolute atomic E-state index is 12.7. The number of halogens is 1. The Balaban J connectivity index is 1.79. The molecule has 7 nitrogen and oxygen atoms in total. The maximum Gasteiger partial charge on any atom is 0.266 e. The maximum atomic E-state index is 12.7. The van der Waals surface area contributed by atoms with E-state index >= 15 is 0 Å². The van der Waals surface area contributed by atoms with Crippen LogP contribution in [0.1, 0.15) is 32.7 Å². The molecule has 0 aliphatic heterocycles. The smallest absolute Gasteiger partial charge is 0.266 e. The van der Waals surface area contributed by atoms with Crippen LogP contribution >= 0.6 is 11.6 Å². The second kappa shape index (κ2) is 10.2. The van der Waals surface area contributed by atoms with E-state index in [0.29, 0.717) is 34.2 Å². The van der Waals surface area contributed by atoms with E-state index in [-0.39, 0.29) is 11.5 Å². The number of aromatic nitrogens is 2. The zero-order chi connectivity index (χ0) is 24.1. The van der Waals surface area contributed by atoms with Crippen LogP contribution in [0.25, 0.3) is 6.08 Å². The first-order valence-corrected chi connectivity index (χ1v) is 10.6. The Labute approximate surface area is 197 Å². The molecule has 0 radical (unpaired) electrons. The van der Waals surface area contributed by atoms with Gasteiger partial charge >= 0.3 is 0 Å². The normalized spacial score (nSPS) is 11.1. The fourth-order valence-electron chi connectivity index (χ4n) is 3.15. The number of carbonyl (C=O) groups excluding carboxylic acids is 2. The highest BCUT2D eigenvalue weighted by molar-refractivity contribution is 6.31. The predicted molar refractivity (Wildman–Crippen MR) is 129 cm³/mol. The van der Waals surface area contributed by atoms with Crippen LogP contribution in [-0.2, 0) is 11.3 Å². The van der Waals surface area contributed by atoms with E-state index in [1.807, 2.05) is 37.3 Å². The van der Waals surface area contributed by atoms with Crippen molar-refractivity contribution >= 4 is 35.2 Å². The molecule has 0 aliphatic carbocycles. The first-order valence-electron chi connectivity index (χ1n) is 10.2. The fourth-order valence-corrected chi connectivity index (χ4v) is 3.44. The topological polar surface area (TPSA) is 91.0 Å². The molecule has 1 heterocycles. The SMILES string of the molecule is Cc1ccc(Cn2nc(C)c(/C=C(\C#N)C(=O)Nc3ccc(C(=O)N(C)C)cc3)c2Cl)cc1. The highest BCUT2D eigenvalue weighted by Crippen LogP contribution is 2.24. The van der Waals surface area contributed by atoms with Crippen LogP contribution in [0.3, 0.4) is 0 Å². The molecule has 3 rings (SSSR count). The summed E-state index contributed by atoms with van der Waals surface area (Å²) in [5.41, 5.74) is 4.18. The molecule has 8 heteroatoms. The van der Waals surface area contributed by atoms with Gasteiger partial charge in [-0.2, -0.15) is 10.4 Å². The molecule has 3 aromatic rings. The lowest BCUT2D eigenvalue weighted by atomic mass is 10.1. The molecule has 0 fully saturated rings. The number of anilines is 1. The van der Waals surface area contributed by atoms with Crippen LogP contribution in [0.2, 0.25) is 5.15 Å². The fraction of sp³-hybridized carbons (Fsp3) is 0.200. The van der Waals surface area contributed by atoms with Crippen LogP contribution in [0.5, 0.6) is 0 Å². The number of hydrogen-bond donors (Lipinski definition) is 1. The van der Waals surface area contributed by atoms with E-state index in [2.05, 4.69) is 10.4 Å². The Morgan fingerprint density at radius 3 is 2.33 bits per heavy atom. The standard InChI is InChI=1S/C25H24ClN5O2/c1-16-5-7-18(8-6-16)15-31-23(26)22(17(2)29-31)13-20(14-27)24(32)28-21-11-9-19(10-12-21)25(33)30(3)4/h5-13H,15H2,1-4H3,(H,28,32)/b20-13+. The third-order valence-electron chi connectivity index (χ3n) is 5.01. The zero-order valence-corrected chi connectivity index (χ0v) is 19.6. The minimum absolute atomic E-state index is 0.108. The van der Waals surface area contributed by atoms with Crippen molar-refractivity contribution in [1.82, 2.24) is 14.7 Å². The number of nitriles is 1. The van der Waals surface area contributed by atoms with Crippen LogP contribution in [0.4, 0.5) is 5.69 Å². The van der Waals surface area contributed by atoms with Crippen molar-refractivity contribution in [2.75, 3.05) is 19.4 Å². The van der Waals surface area contributed by atoms with Gasteiger partial charge in [0.2, 0.25) is 0 Å². The van der Waals surface area contributed by atoms with E-state index in [1.165, 1.54) is 11.0 Å². The van der Waals surface area contributed by atoms with Gasteiger partial charge in [-0.15, -0.1) is 0 Å². The third-order valence-corrected chi connectivity index (χ3v) is 5.41. The van der Waals surface area contributed by atoms with Gasteiger partial charge in [-0.25, -0.2) is 4.68 Å². The van der Waals surface area contributed by atoms with Crippen molar-refractivity contribution in [1.29, 1.82) is 5.26 Å². The summed E-state index contributed by atoms with van der Waals surface area (Å²) in [4.78, 5) is 26.1. The third kappa shape index (κ3) is 5.68. The number of hydrogen-bond acceptors (Lipinski definition) is 4. The molecule has 0 bridgehead atoms. The lowest BCUT2D eigenvalue weighted by Crippen LogP contribution is -2.21. The summed E-state index contributed by atoms with van der Waals surface area (Å²) in [6.07, 6.45) is 1.44. The van der Waals surface area contributed by atoms with E-state index in [4.69, 9.17) is 11.6 Å². The monoisotopic (exact) mass is 461 g/mol. The van der Waals surface area contributed by atoms with Crippen molar-refractivity contribution in [3.63, 3.8) is 0 Å². The molecule has 168 valence electrons. The van der Waals surface area contributed by atoms with Gasteiger partial charge in [0.1, 0.15) is 16.8 Å². The van der Waals surface area contributed by atoms with E-state index in [0.717, 1.165) is 11.1 Å². The number of benzene rings is 2. The molecular weight excluding hydrogens is 438 g/mol. The Morgan fingerprint density at radius 2 is 1.76 bits per heavy atom. The molecule has 0 saturated heterocycles. The van der Waals surface area contributed by atoms with Crippen molar-refractivity contribution in [2.24, 2.45) is 0 Å². The van der Waals surface area contributed by atoms with Crippen LogP contribution in [0.15, 0.2) is 54.1 Å². The van der Waals surface area contributed by atoms with Gasteiger partial charge in [0.25, 0.3) is 11.8 Å². The van der Waals surface area contributed by atoms with Gasteiger partial charge in [0, 0.05) is 30.9 Å². The second-order valence-corrected chi connectivity index (χ2v) is 8.19. The number of amides is 2. The average molecular weight is 462 g/mol. The molecule has 2 aromatic carbocycles. The second-order valence-electron chi connectivity index (χ2n) is 7.83. The summed E-state index contributed by atoms with van der Waals surface area (Å²) in [6.45, 7) is 4.26. The first kappa shape index (κ1) is 23.8. The highest BCUT2D eigenvalue weighted by Gasteiger charge is 2.17. The summed E-state index contributed by atoms with van der Waals surface area (Å²) >= 11 is 6.53. The predicted octanol–water partition coefficient (Wildman–Crippen LogP) is 4.45. The molecule has 1 aromatic heterocycles. The number of nitrogens with zero attached hydrogens (tertiary/aromatic N) is 4. The van der Waals surface area contributed by atoms with Gasteiger partial charge in [0.15, 0.2) is 0 Å². The minimum Gasteiger partial charge on any atom is -0.345 e. The van der Waals surface area contributed by atoms with Gasteiger partial charge in [-0.05, 0) is 49.8 Å². The van der Waals surface area contributed by atoms with Crippen molar-refractivity contribution in [3.8, 4) is 6.07 Å². The Hall–Kier alpha value is -3.89. The first-order chi connectivity index (χ1) is 15.7. The molecule has 2 amide bonds. The van der Waals surface area contributed by atoms with Gasteiger partial charge in [-0.1, -0.05) is 41.4 Å². The molecule has 0 saturated carbocycles.